The summed E-state index contributed by atoms with van der Waals surface area (Å²) in [4.78, 5) is 4.40. The first-order chi connectivity index (χ1) is 15.2. The number of rotatable bonds is 6. The van der Waals surface area contributed by atoms with Crippen LogP contribution in [-0.4, -0.2) is 19.4 Å². The number of aryl methyl sites for hydroxylation is 1. The van der Waals surface area contributed by atoms with Gasteiger partial charge in [0.1, 0.15) is 16.3 Å². The van der Waals surface area contributed by atoms with Gasteiger partial charge in [0, 0.05) is 34.4 Å². The van der Waals surface area contributed by atoms with E-state index in [1.807, 2.05) is 76.2 Å². The molecule has 0 amide bonds. The number of hydrogen-bond acceptors (Lipinski definition) is 5. The maximum absolute atomic E-state index is 14.6. The second-order valence-electron chi connectivity index (χ2n) is 8.75. The van der Waals surface area contributed by atoms with Crippen LogP contribution in [0.1, 0.15) is 43.8 Å². The summed E-state index contributed by atoms with van der Waals surface area (Å²) < 4.78 is 35.9. The van der Waals surface area contributed by atoms with Crippen LogP contribution < -0.4 is 4.72 Å². The number of halogens is 1. The molecule has 7 heteroatoms. The normalized spacial score (nSPS) is 13.9. The van der Waals surface area contributed by atoms with Crippen LogP contribution in [0, 0.1) is 12.7 Å². The second-order valence-corrected chi connectivity index (χ2v) is 10.7. The number of hydrogen-bond donors (Lipinski definition) is 1. The Morgan fingerprint density at radius 3 is 2.56 bits per heavy atom. The Morgan fingerprint density at radius 1 is 1.06 bits per heavy atom. The number of fused-ring (bicyclic) bond motifs is 1. The fourth-order valence-electron chi connectivity index (χ4n) is 3.55. The molecule has 32 heavy (non-hydrogen) atoms. The molecule has 0 aliphatic rings. The van der Waals surface area contributed by atoms with Gasteiger partial charge in [0.05, 0.1) is 11.7 Å². The van der Waals surface area contributed by atoms with Gasteiger partial charge in [-0.15, -0.1) is 4.72 Å². The van der Waals surface area contributed by atoms with Gasteiger partial charge in [0.25, 0.3) is 0 Å². The van der Waals surface area contributed by atoms with Crippen LogP contribution in [0.25, 0.3) is 22.2 Å². The summed E-state index contributed by atoms with van der Waals surface area (Å²) in [7, 11) is 0. The Morgan fingerprint density at radius 2 is 1.78 bits per heavy atom. The first kappa shape index (κ1) is 22.5. The standard InChI is InChI=1S/C25H26FN3O2S/c1-16-13-14-20(26)22(27-16)15-21(29-32(30)25(2,3)4)17-9-5-6-10-18(17)24-19-11-7-8-12-23(19)31-28-24/h5-14,21,29H,15H2,1-4H3/t21?,32-/m0/s1. The molecule has 0 radical (unpaired) electrons. The van der Waals surface area contributed by atoms with Crippen molar-refractivity contribution in [2.45, 2.75) is 44.9 Å². The molecule has 0 fully saturated rings. The van der Waals surface area contributed by atoms with Crippen LogP contribution in [-0.2, 0) is 17.8 Å². The monoisotopic (exact) mass is 451 g/mol. The van der Waals surface area contributed by atoms with Gasteiger partial charge in [-0.05, 0) is 57.5 Å². The molecule has 166 valence electrons. The predicted octanol–water partition coefficient (Wildman–Crippen LogP) is 5.67. The number of aromatic nitrogens is 2. The summed E-state index contributed by atoms with van der Waals surface area (Å²) in [6.07, 6.45) is 0.238. The lowest BCUT2D eigenvalue weighted by Gasteiger charge is -2.29. The van der Waals surface area contributed by atoms with Crippen LogP contribution in [0.15, 0.2) is 65.2 Å². The minimum absolute atomic E-state index is 0.238. The maximum Gasteiger partial charge on any atom is 0.167 e. The SMILES string of the molecule is Cc1ccc(F)c(CC(N[S@@+]([O-])C(C)(C)C)c2ccccc2-c2noc3ccccc23)n1. The number of nitrogens with one attached hydrogen (secondary N) is 1. The van der Waals surface area contributed by atoms with E-state index in [4.69, 9.17) is 4.52 Å². The molecular weight excluding hydrogens is 425 g/mol. The van der Waals surface area contributed by atoms with Crippen molar-refractivity contribution in [3.63, 3.8) is 0 Å². The fourth-order valence-corrected chi connectivity index (χ4v) is 4.37. The summed E-state index contributed by atoms with van der Waals surface area (Å²) in [5.74, 6) is -0.381. The highest BCUT2D eigenvalue weighted by Crippen LogP contribution is 2.35. The molecule has 0 aliphatic carbocycles. The van der Waals surface area contributed by atoms with E-state index in [2.05, 4.69) is 14.9 Å². The summed E-state index contributed by atoms with van der Waals surface area (Å²) in [5.41, 5.74) is 4.13. The summed E-state index contributed by atoms with van der Waals surface area (Å²) in [5, 5.41) is 5.19. The lowest BCUT2D eigenvalue weighted by atomic mass is 9.94. The number of nitrogens with zero attached hydrogens (tertiary/aromatic N) is 2. The number of benzene rings is 2. The van der Waals surface area contributed by atoms with Gasteiger partial charge in [0.2, 0.25) is 0 Å². The summed E-state index contributed by atoms with van der Waals surface area (Å²) >= 11 is -1.38. The maximum atomic E-state index is 14.6. The average Bonchev–Trinajstić information content (AvgIpc) is 3.19. The topological polar surface area (TPSA) is 74.0 Å². The smallest absolute Gasteiger partial charge is 0.167 e. The molecule has 2 aromatic heterocycles. The van der Waals surface area contributed by atoms with Crippen molar-refractivity contribution >= 4 is 22.3 Å². The molecule has 1 N–H and O–H groups in total. The minimum atomic E-state index is -1.38. The third-order valence-corrected chi connectivity index (χ3v) is 6.84. The average molecular weight is 452 g/mol. The van der Waals surface area contributed by atoms with Crippen LogP contribution >= 0.6 is 0 Å². The van der Waals surface area contributed by atoms with Crippen LogP contribution in [0.3, 0.4) is 0 Å². The Labute approximate surface area is 190 Å². The Hall–Kier alpha value is -2.74. The molecule has 4 rings (SSSR count). The van der Waals surface area contributed by atoms with Gasteiger partial charge in [0.15, 0.2) is 5.58 Å². The van der Waals surface area contributed by atoms with E-state index in [1.165, 1.54) is 6.07 Å². The van der Waals surface area contributed by atoms with Crippen molar-refractivity contribution < 1.29 is 13.5 Å². The minimum Gasteiger partial charge on any atom is -0.598 e. The predicted molar refractivity (Wildman–Crippen MR) is 126 cm³/mol. The van der Waals surface area contributed by atoms with Crippen molar-refractivity contribution in [3.8, 4) is 11.3 Å². The lowest BCUT2D eigenvalue weighted by Crippen LogP contribution is -2.42. The zero-order valence-corrected chi connectivity index (χ0v) is 19.4. The van der Waals surface area contributed by atoms with Crippen molar-refractivity contribution in [2.75, 3.05) is 0 Å². The molecule has 0 spiro atoms. The van der Waals surface area contributed by atoms with E-state index < -0.39 is 22.2 Å². The van der Waals surface area contributed by atoms with E-state index in [0.717, 1.165) is 22.2 Å². The number of para-hydroxylation sites is 1. The van der Waals surface area contributed by atoms with Gasteiger partial charge >= 0.3 is 0 Å². The van der Waals surface area contributed by atoms with E-state index >= 15 is 0 Å². The van der Waals surface area contributed by atoms with E-state index in [-0.39, 0.29) is 12.2 Å². The van der Waals surface area contributed by atoms with Crippen molar-refractivity contribution in [1.82, 2.24) is 14.9 Å². The fraction of sp³-hybridized carbons (Fsp3) is 0.280. The third kappa shape index (κ3) is 4.70. The summed E-state index contributed by atoms with van der Waals surface area (Å²) in [6.45, 7) is 7.52. The van der Waals surface area contributed by atoms with Gasteiger partial charge in [-0.25, -0.2) is 4.39 Å². The molecule has 5 nitrogen and oxygen atoms in total. The van der Waals surface area contributed by atoms with Crippen LogP contribution in [0.5, 0.6) is 0 Å². The van der Waals surface area contributed by atoms with Gasteiger partial charge < -0.3 is 9.08 Å². The molecule has 0 bridgehead atoms. The molecule has 2 atom stereocenters. The Bertz CT molecular complexity index is 1240. The first-order valence-electron chi connectivity index (χ1n) is 10.5. The molecule has 2 heterocycles. The molecule has 0 saturated carbocycles. The highest BCUT2D eigenvalue weighted by Gasteiger charge is 2.32. The molecular formula is C25H26FN3O2S. The Kier molecular flexibility index (Phi) is 6.33. The largest absolute Gasteiger partial charge is 0.598 e. The van der Waals surface area contributed by atoms with E-state index in [1.54, 1.807) is 6.07 Å². The second kappa shape index (κ2) is 9.02. The number of pyridine rings is 1. The van der Waals surface area contributed by atoms with E-state index in [9.17, 15) is 8.94 Å². The highest BCUT2D eigenvalue weighted by atomic mass is 32.2. The Balaban J connectivity index is 1.82. The third-order valence-electron chi connectivity index (χ3n) is 5.23. The molecule has 0 saturated heterocycles. The van der Waals surface area contributed by atoms with Gasteiger partial charge in [-0.2, -0.15) is 0 Å². The molecule has 2 aromatic carbocycles. The van der Waals surface area contributed by atoms with Gasteiger partial charge in [-0.3, -0.25) is 4.98 Å². The van der Waals surface area contributed by atoms with Crippen LogP contribution in [0.2, 0.25) is 0 Å². The molecule has 0 aliphatic heterocycles. The van der Waals surface area contributed by atoms with Crippen molar-refractivity contribution in [3.05, 3.63) is 83.4 Å². The first-order valence-corrected chi connectivity index (χ1v) is 11.6. The molecule has 1 unspecified atom stereocenters. The zero-order valence-electron chi connectivity index (χ0n) is 18.6. The van der Waals surface area contributed by atoms with Crippen molar-refractivity contribution in [2.24, 2.45) is 0 Å². The zero-order chi connectivity index (χ0) is 22.9. The quantitative estimate of drug-likeness (QED) is 0.382. The van der Waals surface area contributed by atoms with Crippen molar-refractivity contribution in [1.29, 1.82) is 0 Å². The summed E-state index contributed by atoms with van der Waals surface area (Å²) in [6, 6.07) is 18.0. The van der Waals surface area contributed by atoms with Gasteiger partial charge in [-0.1, -0.05) is 41.6 Å². The lowest BCUT2D eigenvalue weighted by molar-refractivity contribution is 0.459. The van der Waals surface area contributed by atoms with Crippen LogP contribution in [0.4, 0.5) is 4.39 Å². The molecule has 4 aromatic rings. The van der Waals surface area contributed by atoms with E-state index in [0.29, 0.717) is 17.0 Å². The highest BCUT2D eigenvalue weighted by molar-refractivity contribution is 7.90.